The van der Waals surface area contributed by atoms with E-state index in [1.165, 1.54) is 32.0 Å². The number of ether oxygens (including phenoxy) is 1. The molecule has 1 aromatic heterocycles. The third-order valence-corrected chi connectivity index (χ3v) is 4.64. The van der Waals surface area contributed by atoms with Crippen molar-refractivity contribution in [3.63, 3.8) is 0 Å². The van der Waals surface area contributed by atoms with Crippen LogP contribution in [0.4, 0.5) is 22.0 Å². The molecule has 0 unspecified atom stereocenters. The standard InChI is InChI=1S/C17H11F5N2O2S/c1-8-6-10(7-9(2)14(8)26-17(20,21)22)24-16(25)23-15(27-24)13-11(18)4-3-5-12(13)19/h3-7H,1-2H3. The number of nitrogens with zero attached hydrogens (tertiary/aromatic N) is 2. The summed E-state index contributed by atoms with van der Waals surface area (Å²) in [6, 6.07) is 5.85. The molecule has 0 saturated heterocycles. The van der Waals surface area contributed by atoms with Crippen LogP contribution in [-0.4, -0.2) is 15.3 Å². The van der Waals surface area contributed by atoms with E-state index >= 15 is 0 Å². The zero-order chi connectivity index (χ0) is 19.9. The van der Waals surface area contributed by atoms with Crippen LogP contribution < -0.4 is 10.4 Å². The van der Waals surface area contributed by atoms with E-state index in [0.717, 1.165) is 16.1 Å². The van der Waals surface area contributed by atoms with E-state index < -0.39 is 29.2 Å². The molecule has 0 aliphatic heterocycles. The Balaban J connectivity index is 2.09. The SMILES string of the molecule is Cc1cc(-n2sc(-c3c(F)cccc3F)nc2=O)cc(C)c1OC(F)(F)F. The maximum atomic E-state index is 13.9. The van der Waals surface area contributed by atoms with Gasteiger partial charge in [-0.25, -0.2) is 17.5 Å². The molecule has 3 aromatic rings. The van der Waals surface area contributed by atoms with Crippen LogP contribution >= 0.6 is 11.5 Å². The number of hydrogen-bond acceptors (Lipinski definition) is 4. The number of alkyl halides is 3. The molecule has 0 spiro atoms. The molecule has 0 aliphatic carbocycles. The van der Waals surface area contributed by atoms with Crippen LogP contribution in [0.1, 0.15) is 11.1 Å². The van der Waals surface area contributed by atoms with E-state index in [2.05, 4.69) is 9.72 Å². The predicted octanol–water partition coefficient (Wildman–Crippen LogP) is 4.75. The highest BCUT2D eigenvalue weighted by atomic mass is 32.1. The summed E-state index contributed by atoms with van der Waals surface area (Å²) >= 11 is 0.680. The van der Waals surface area contributed by atoms with Crippen molar-refractivity contribution in [2.24, 2.45) is 0 Å². The van der Waals surface area contributed by atoms with Crippen molar-refractivity contribution in [1.29, 1.82) is 0 Å². The van der Waals surface area contributed by atoms with E-state index in [1.54, 1.807) is 0 Å². The van der Waals surface area contributed by atoms with Gasteiger partial charge in [0.25, 0.3) is 0 Å². The second-order valence-corrected chi connectivity index (χ2v) is 6.57. The average Bonchev–Trinajstić information content (AvgIpc) is 2.91. The molecule has 0 fully saturated rings. The van der Waals surface area contributed by atoms with Crippen LogP contribution in [0.15, 0.2) is 35.1 Å². The third-order valence-electron chi connectivity index (χ3n) is 3.62. The van der Waals surface area contributed by atoms with Gasteiger partial charge in [-0.15, -0.1) is 13.2 Å². The second-order valence-electron chi connectivity index (χ2n) is 5.64. The minimum atomic E-state index is -4.85. The van der Waals surface area contributed by atoms with Gasteiger partial charge in [-0.1, -0.05) is 6.07 Å². The molecule has 10 heteroatoms. The molecular weight excluding hydrogens is 391 g/mol. The van der Waals surface area contributed by atoms with E-state index in [0.29, 0.717) is 11.5 Å². The fourth-order valence-electron chi connectivity index (χ4n) is 2.57. The third kappa shape index (κ3) is 3.85. The molecule has 0 saturated carbocycles. The van der Waals surface area contributed by atoms with Gasteiger partial charge in [0, 0.05) is 0 Å². The number of aromatic nitrogens is 2. The summed E-state index contributed by atoms with van der Waals surface area (Å²) < 4.78 is 70.4. The Morgan fingerprint density at radius 2 is 1.63 bits per heavy atom. The van der Waals surface area contributed by atoms with E-state index in [9.17, 15) is 26.7 Å². The normalized spacial score (nSPS) is 11.7. The molecule has 0 aliphatic rings. The summed E-state index contributed by atoms with van der Waals surface area (Å²) in [6.07, 6.45) is -4.85. The van der Waals surface area contributed by atoms with Gasteiger partial charge in [-0.2, -0.15) is 4.98 Å². The van der Waals surface area contributed by atoms with Crippen molar-refractivity contribution < 1.29 is 26.7 Å². The molecule has 0 amide bonds. The summed E-state index contributed by atoms with van der Waals surface area (Å²) in [5, 5.41) is -0.179. The summed E-state index contributed by atoms with van der Waals surface area (Å²) in [7, 11) is 0. The topological polar surface area (TPSA) is 44.1 Å². The fourth-order valence-corrected chi connectivity index (χ4v) is 3.47. The maximum Gasteiger partial charge on any atom is 0.573 e. The predicted molar refractivity (Wildman–Crippen MR) is 89.2 cm³/mol. The van der Waals surface area contributed by atoms with Crippen molar-refractivity contribution in [2.75, 3.05) is 0 Å². The van der Waals surface area contributed by atoms with E-state index in [1.807, 2.05) is 0 Å². The molecule has 0 bridgehead atoms. The Morgan fingerprint density at radius 1 is 1.07 bits per heavy atom. The Bertz CT molecular complexity index is 1030. The quantitative estimate of drug-likeness (QED) is 0.594. The molecule has 2 aromatic carbocycles. The zero-order valence-electron chi connectivity index (χ0n) is 13.9. The smallest absolute Gasteiger partial charge is 0.405 e. The summed E-state index contributed by atoms with van der Waals surface area (Å²) in [5.74, 6) is -2.13. The monoisotopic (exact) mass is 402 g/mol. The molecule has 0 N–H and O–H groups in total. The maximum absolute atomic E-state index is 13.9. The van der Waals surface area contributed by atoms with Crippen molar-refractivity contribution in [3.8, 4) is 22.0 Å². The lowest BCUT2D eigenvalue weighted by Crippen LogP contribution is -2.19. The van der Waals surface area contributed by atoms with Gasteiger partial charge in [0.15, 0.2) is 5.01 Å². The minimum Gasteiger partial charge on any atom is -0.405 e. The van der Waals surface area contributed by atoms with Gasteiger partial charge in [-0.05, 0) is 60.8 Å². The highest BCUT2D eigenvalue weighted by Crippen LogP contribution is 2.33. The number of aryl methyl sites for hydroxylation is 2. The molecule has 1 heterocycles. The van der Waals surface area contributed by atoms with Crippen LogP contribution in [0.2, 0.25) is 0 Å². The van der Waals surface area contributed by atoms with Crippen LogP contribution in [0.5, 0.6) is 5.75 Å². The highest BCUT2D eigenvalue weighted by Gasteiger charge is 2.32. The van der Waals surface area contributed by atoms with Crippen molar-refractivity contribution in [3.05, 3.63) is 63.6 Å². The van der Waals surface area contributed by atoms with E-state index in [-0.39, 0.29) is 27.6 Å². The zero-order valence-corrected chi connectivity index (χ0v) is 14.7. The van der Waals surface area contributed by atoms with Gasteiger partial charge in [-0.3, -0.25) is 0 Å². The number of benzene rings is 2. The molecule has 3 rings (SSSR count). The Kier molecular flexibility index (Phi) is 4.77. The summed E-state index contributed by atoms with van der Waals surface area (Å²) in [6.45, 7) is 2.78. The average molecular weight is 402 g/mol. The first-order valence-corrected chi connectivity index (χ1v) is 8.26. The first-order chi connectivity index (χ1) is 12.6. The molecular formula is C17H11F5N2O2S. The second kappa shape index (κ2) is 6.76. The highest BCUT2D eigenvalue weighted by molar-refractivity contribution is 7.10. The largest absolute Gasteiger partial charge is 0.573 e. The van der Waals surface area contributed by atoms with Crippen molar-refractivity contribution in [2.45, 2.75) is 20.2 Å². The molecule has 27 heavy (non-hydrogen) atoms. The lowest BCUT2D eigenvalue weighted by Gasteiger charge is -2.15. The van der Waals surface area contributed by atoms with Crippen LogP contribution in [0, 0.1) is 25.5 Å². The van der Waals surface area contributed by atoms with Crippen LogP contribution in [0.25, 0.3) is 16.3 Å². The number of halogens is 5. The Morgan fingerprint density at radius 3 is 2.15 bits per heavy atom. The Labute approximate surface area is 153 Å². The summed E-state index contributed by atoms with van der Waals surface area (Å²) in [5.41, 5.74) is -0.753. The molecule has 0 radical (unpaired) electrons. The lowest BCUT2D eigenvalue weighted by atomic mass is 10.1. The van der Waals surface area contributed by atoms with Crippen LogP contribution in [0.3, 0.4) is 0 Å². The molecule has 0 atom stereocenters. The van der Waals surface area contributed by atoms with Gasteiger partial charge in [0.1, 0.15) is 17.4 Å². The van der Waals surface area contributed by atoms with Crippen molar-refractivity contribution in [1.82, 2.24) is 8.94 Å². The molecule has 4 nitrogen and oxygen atoms in total. The number of hydrogen-bond donors (Lipinski definition) is 0. The Hall–Kier alpha value is -2.75. The van der Waals surface area contributed by atoms with Gasteiger partial charge < -0.3 is 4.74 Å². The lowest BCUT2D eigenvalue weighted by molar-refractivity contribution is -0.275. The summed E-state index contributed by atoms with van der Waals surface area (Å²) in [4.78, 5) is 15.8. The van der Waals surface area contributed by atoms with Crippen LogP contribution in [-0.2, 0) is 0 Å². The van der Waals surface area contributed by atoms with E-state index in [4.69, 9.17) is 0 Å². The van der Waals surface area contributed by atoms with Crippen molar-refractivity contribution >= 4 is 11.5 Å². The minimum absolute atomic E-state index is 0.140. The van der Waals surface area contributed by atoms with Gasteiger partial charge in [0.2, 0.25) is 0 Å². The number of rotatable bonds is 3. The van der Waals surface area contributed by atoms with Gasteiger partial charge in [0.05, 0.1) is 11.3 Å². The fraction of sp³-hybridized carbons (Fsp3) is 0.176. The molecule has 142 valence electrons. The first-order valence-electron chi connectivity index (χ1n) is 7.49. The van der Waals surface area contributed by atoms with Gasteiger partial charge >= 0.3 is 12.1 Å². The first kappa shape index (κ1) is 19.0.